The number of hydrogen-bond donors (Lipinski definition) is 2. The van der Waals surface area contributed by atoms with Gasteiger partial charge in [-0.15, -0.1) is 22.7 Å². The Morgan fingerprint density at radius 3 is 2.62 bits per heavy atom. The van der Waals surface area contributed by atoms with Gasteiger partial charge in [0.2, 0.25) is 0 Å². The van der Waals surface area contributed by atoms with Crippen molar-refractivity contribution in [2.75, 3.05) is 11.9 Å². The first kappa shape index (κ1) is 23.9. The van der Waals surface area contributed by atoms with E-state index in [4.69, 9.17) is 5.11 Å². The molecule has 34 heavy (non-hydrogen) atoms. The van der Waals surface area contributed by atoms with Crippen LogP contribution in [0.1, 0.15) is 33.6 Å². The number of pyridine rings is 1. The third kappa shape index (κ3) is 5.45. The lowest BCUT2D eigenvalue weighted by molar-refractivity contribution is -0.137. The Kier molecular flexibility index (Phi) is 6.99. The van der Waals surface area contributed by atoms with Gasteiger partial charge in [0.25, 0.3) is 0 Å². The van der Waals surface area contributed by atoms with Gasteiger partial charge in [-0.25, -0.2) is 4.98 Å². The molecule has 0 atom stereocenters. The van der Waals surface area contributed by atoms with E-state index in [1.165, 1.54) is 28.7 Å². The zero-order valence-electron chi connectivity index (χ0n) is 17.7. The minimum absolute atomic E-state index is 0.114. The number of hydrogen-bond acceptors (Lipinski definition) is 6. The van der Waals surface area contributed by atoms with Gasteiger partial charge in [-0.2, -0.15) is 13.2 Å². The first-order chi connectivity index (χ1) is 16.2. The van der Waals surface area contributed by atoms with Gasteiger partial charge < -0.3 is 10.4 Å². The first-order valence-electron chi connectivity index (χ1n) is 10.3. The molecule has 0 aliphatic carbocycles. The number of ketones is 1. The molecule has 0 fully saturated rings. The molecular weight excluding hydrogens is 485 g/mol. The minimum atomic E-state index is -4.41. The highest BCUT2D eigenvalue weighted by Gasteiger charge is 2.30. The molecule has 176 valence electrons. The molecule has 0 aliphatic heterocycles. The molecule has 4 aromatic rings. The average molecular weight is 505 g/mol. The number of thiophene rings is 2. The van der Waals surface area contributed by atoms with E-state index in [2.05, 4.69) is 10.3 Å². The molecule has 0 spiro atoms. The number of carboxylic acid groups (broad SMARTS) is 1. The number of rotatable bonds is 9. The van der Waals surface area contributed by atoms with Crippen LogP contribution in [0.15, 0.2) is 53.9 Å². The van der Waals surface area contributed by atoms with Crippen molar-refractivity contribution in [1.29, 1.82) is 0 Å². The fourth-order valence-electron chi connectivity index (χ4n) is 3.55. The third-order valence-electron chi connectivity index (χ3n) is 5.12. The first-order valence-corrected chi connectivity index (χ1v) is 12.0. The standard InChI is InChI=1S/C24H19F3N2O3S2/c25-24(26,27)15-6-1-4-14(12-15)5-2-7-18(30)22-21(28-13-20(31)32)16-9-10-17(29-23(16)34-22)19-8-3-11-33-19/h1,3-4,6,8-12,28H,2,5,7,13H2,(H,31,32). The zero-order chi connectivity index (χ0) is 24.3. The fourth-order valence-corrected chi connectivity index (χ4v) is 5.36. The highest BCUT2D eigenvalue weighted by molar-refractivity contribution is 7.21. The highest BCUT2D eigenvalue weighted by atomic mass is 32.1. The summed E-state index contributed by atoms with van der Waals surface area (Å²) < 4.78 is 38.8. The molecule has 1 aromatic carbocycles. The predicted octanol–water partition coefficient (Wildman–Crippen LogP) is 6.75. The summed E-state index contributed by atoms with van der Waals surface area (Å²) in [5, 5.41) is 14.5. The number of fused-ring (bicyclic) bond motifs is 1. The molecule has 3 aromatic heterocycles. The summed E-state index contributed by atoms with van der Waals surface area (Å²) in [5.41, 5.74) is 0.979. The third-order valence-corrected chi connectivity index (χ3v) is 7.16. The highest BCUT2D eigenvalue weighted by Crippen LogP contribution is 2.38. The van der Waals surface area contributed by atoms with Crippen LogP contribution in [0, 0.1) is 0 Å². The van der Waals surface area contributed by atoms with Gasteiger partial charge in [-0.1, -0.05) is 24.3 Å². The van der Waals surface area contributed by atoms with Crippen LogP contribution in [0.4, 0.5) is 18.9 Å². The number of alkyl halides is 3. The molecule has 0 bridgehead atoms. The van der Waals surface area contributed by atoms with Gasteiger partial charge in [-0.3, -0.25) is 9.59 Å². The molecule has 10 heteroatoms. The average Bonchev–Trinajstić information content (AvgIpc) is 3.45. The van der Waals surface area contributed by atoms with Crippen molar-refractivity contribution in [3.05, 3.63) is 69.9 Å². The molecule has 2 N–H and O–H groups in total. The predicted molar refractivity (Wildman–Crippen MR) is 128 cm³/mol. The molecule has 0 saturated carbocycles. The number of anilines is 1. The van der Waals surface area contributed by atoms with Gasteiger partial charge in [0, 0.05) is 11.8 Å². The number of aromatic nitrogens is 1. The number of carboxylic acids is 1. The van der Waals surface area contributed by atoms with Gasteiger partial charge in [0.05, 0.1) is 26.7 Å². The van der Waals surface area contributed by atoms with Gasteiger partial charge >= 0.3 is 12.1 Å². The van der Waals surface area contributed by atoms with E-state index in [9.17, 15) is 22.8 Å². The van der Waals surface area contributed by atoms with Gasteiger partial charge in [-0.05, 0) is 48.1 Å². The van der Waals surface area contributed by atoms with E-state index in [1.54, 1.807) is 6.07 Å². The van der Waals surface area contributed by atoms with Crippen molar-refractivity contribution >= 4 is 50.3 Å². The number of halogens is 3. The number of Topliss-reactive ketones (excluding diaryl/α,β-unsaturated/α-hetero) is 1. The molecule has 0 amide bonds. The lowest BCUT2D eigenvalue weighted by Gasteiger charge is -2.09. The maximum atomic E-state index is 13.0. The van der Waals surface area contributed by atoms with E-state index >= 15 is 0 Å². The zero-order valence-corrected chi connectivity index (χ0v) is 19.3. The summed E-state index contributed by atoms with van der Waals surface area (Å²) in [6.07, 6.45) is -3.62. The van der Waals surface area contributed by atoms with E-state index in [0.717, 1.165) is 22.7 Å². The second-order valence-corrected chi connectivity index (χ2v) is 9.50. The van der Waals surface area contributed by atoms with Crippen molar-refractivity contribution in [3.63, 3.8) is 0 Å². The summed E-state index contributed by atoms with van der Waals surface area (Å²) in [6, 6.07) is 12.6. The lowest BCUT2D eigenvalue weighted by atomic mass is 10.0. The number of carbonyl (C=O) groups excluding carboxylic acids is 1. The lowest BCUT2D eigenvalue weighted by Crippen LogP contribution is -2.14. The molecule has 0 radical (unpaired) electrons. The van der Waals surface area contributed by atoms with E-state index in [-0.39, 0.29) is 18.7 Å². The Balaban J connectivity index is 1.54. The van der Waals surface area contributed by atoms with Crippen molar-refractivity contribution in [3.8, 4) is 10.6 Å². The molecule has 5 nitrogen and oxygen atoms in total. The maximum absolute atomic E-state index is 13.0. The summed E-state index contributed by atoms with van der Waals surface area (Å²) in [4.78, 5) is 30.7. The minimum Gasteiger partial charge on any atom is -0.480 e. The number of nitrogens with one attached hydrogen (secondary N) is 1. The molecule has 0 saturated heterocycles. The van der Waals surface area contributed by atoms with Gasteiger partial charge in [0.15, 0.2) is 5.78 Å². The number of carbonyl (C=O) groups is 2. The molecule has 4 rings (SSSR count). The maximum Gasteiger partial charge on any atom is 0.416 e. The largest absolute Gasteiger partial charge is 0.480 e. The topological polar surface area (TPSA) is 79.3 Å². The van der Waals surface area contributed by atoms with Crippen LogP contribution in [0.2, 0.25) is 0 Å². The van der Waals surface area contributed by atoms with Crippen molar-refractivity contribution < 1.29 is 27.9 Å². The fraction of sp³-hybridized carbons (Fsp3) is 0.208. The smallest absolute Gasteiger partial charge is 0.416 e. The van der Waals surface area contributed by atoms with Gasteiger partial charge in [0.1, 0.15) is 11.4 Å². The van der Waals surface area contributed by atoms with Crippen LogP contribution in [0.3, 0.4) is 0 Å². The normalized spacial score (nSPS) is 11.6. The Morgan fingerprint density at radius 2 is 1.91 bits per heavy atom. The van der Waals surface area contributed by atoms with Crippen LogP contribution in [0.5, 0.6) is 0 Å². The van der Waals surface area contributed by atoms with Crippen molar-refractivity contribution in [2.45, 2.75) is 25.4 Å². The molecular formula is C24H19F3N2O3S2. The Labute approximate surface area is 200 Å². The van der Waals surface area contributed by atoms with Crippen LogP contribution >= 0.6 is 22.7 Å². The summed E-state index contributed by atoms with van der Waals surface area (Å²) in [7, 11) is 0. The van der Waals surface area contributed by atoms with Crippen molar-refractivity contribution in [1.82, 2.24) is 4.98 Å². The van der Waals surface area contributed by atoms with E-state index in [1.807, 2.05) is 29.6 Å². The number of nitrogens with zero attached hydrogens (tertiary/aromatic N) is 1. The van der Waals surface area contributed by atoms with E-state index in [0.29, 0.717) is 39.2 Å². The quantitative estimate of drug-likeness (QED) is 0.247. The molecule has 0 unspecified atom stereocenters. The number of aliphatic carboxylic acids is 1. The molecule has 0 aliphatic rings. The van der Waals surface area contributed by atoms with Crippen LogP contribution in [-0.4, -0.2) is 28.4 Å². The van der Waals surface area contributed by atoms with Crippen molar-refractivity contribution in [2.24, 2.45) is 0 Å². The second kappa shape index (κ2) is 9.94. The summed E-state index contributed by atoms with van der Waals surface area (Å²) in [6.45, 7) is -0.358. The Morgan fingerprint density at radius 1 is 1.09 bits per heavy atom. The summed E-state index contributed by atoms with van der Waals surface area (Å²) >= 11 is 2.73. The van der Waals surface area contributed by atoms with Crippen LogP contribution in [-0.2, 0) is 17.4 Å². The van der Waals surface area contributed by atoms with Crippen LogP contribution < -0.4 is 5.32 Å². The SMILES string of the molecule is O=C(O)CNc1c(C(=O)CCCc2cccc(C(F)(F)F)c2)sc2nc(-c3cccs3)ccc12. The Bertz CT molecular complexity index is 1330. The Hall–Kier alpha value is -3.24. The monoisotopic (exact) mass is 504 g/mol. The van der Waals surface area contributed by atoms with Crippen LogP contribution in [0.25, 0.3) is 20.8 Å². The number of aryl methyl sites for hydroxylation is 1. The van der Waals surface area contributed by atoms with E-state index < -0.39 is 17.7 Å². The second-order valence-electron chi connectivity index (χ2n) is 7.55. The number of benzene rings is 1. The molecule has 3 heterocycles. The summed E-state index contributed by atoms with van der Waals surface area (Å²) in [5.74, 6) is -1.27.